The van der Waals surface area contributed by atoms with Crippen LogP contribution in [0.2, 0.25) is 0 Å². The van der Waals surface area contributed by atoms with Gasteiger partial charge in [-0.2, -0.15) is 0 Å². The monoisotopic (exact) mass is 252 g/mol. The number of nitrogens with two attached hydrogens (primary N) is 1. The molecule has 92 valence electrons. The Balaban J connectivity index is 2.00. The molecule has 0 radical (unpaired) electrons. The highest BCUT2D eigenvalue weighted by Gasteiger charge is 2.17. The van der Waals surface area contributed by atoms with E-state index in [0.29, 0.717) is 11.3 Å². The second-order valence-corrected chi connectivity index (χ2v) is 5.55. The molecule has 0 amide bonds. The largest absolute Gasteiger partial charge is 0.490 e. The van der Waals surface area contributed by atoms with Crippen LogP contribution in [0, 0.1) is 5.92 Å². The van der Waals surface area contributed by atoms with E-state index in [4.69, 9.17) is 15.8 Å². The van der Waals surface area contributed by atoms with Crippen molar-refractivity contribution in [2.24, 2.45) is 5.92 Å². The molecule has 1 aromatic heterocycles. The van der Waals surface area contributed by atoms with Gasteiger partial charge in [-0.1, -0.05) is 12.8 Å². The molecule has 0 unspecified atom stereocenters. The number of hydrogen-bond acceptors (Lipinski definition) is 5. The molecule has 1 heterocycles. The highest BCUT2D eigenvalue weighted by atomic mass is 32.2. The molecule has 0 saturated heterocycles. The minimum absolute atomic E-state index is 0.396. The Morgan fingerprint density at radius 2 is 2.12 bits per heavy atom. The summed E-state index contributed by atoms with van der Waals surface area (Å²) in [4.78, 5) is 4.83. The number of pyridine rings is 1. The number of hydrogen-bond donors (Lipinski definition) is 3. The first-order chi connectivity index (χ1) is 8.16. The first-order valence-electron chi connectivity index (χ1n) is 5.91. The van der Waals surface area contributed by atoms with Gasteiger partial charge in [0, 0.05) is 22.3 Å². The van der Waals surface area contributed by atoms with E-state index in [2.05, 4.69) is 4.98 Å². The van der Waals surface area contributed by atoms with Crippen molar-refractivity contribution >= 4 is 30.2 Å². The first-order valence-corrected chi connectivity index (χ1v) is 6.89. The maximum atomic E-state index is 9.08. The van der Waals surface area contributed by atoms with E-state index < -0.39 is 7.12 Å². The summed E-state index contributed by atoms with van der Waals surface area (Å²) in [5.41, 5.74) is 6.18. The molecule has 4 nitrogen and oxygen atoms in total. The maximum absolute atomic E-state index is 9.08. The fourth-order valence-electron chi connectivity index (χ4n) is 2.11. The minimum Gasteiger partial charge on any atom is -0.423 e. The molecule has 0 bridgehead atoms. The second-order valence-electron chi connectivity index (χ2n) is 4.49. The summed E-state index contributed by atoms with van der Waals surface area (Å²) < 4.78 is 0. The molecule has 0 aromatic carbocycles. The molecular weight excluding hydrogens is 235 g/mol. The van der Waals surface area contributed by atoms with Crippen LogP contribution in [0.25, 0.3) is 0 Å². The Bertz CT molecular complexity index is 384. The number of thioether (sulfide) groups is 1. The molecular formula is C11H17BN2O2S. The van der Waals surface area contributed by atoms with Crippen molar-refractivity contribution in [2.75, 3.05) is 11.5 Å². The summed E-state index contributed by atoms with van der Waals surface area (Å²) in [6.45, 7) is 0. The normalized spacial score (nSPS) is 16.4. The van der Waals surface area contributed by atoms with Crippen LogP contribution in [-0.2, 0) is 0 Å². The van der Waals surface area contributed by atoms with Gasteiger partial charge >= 0.3 is 7.12 Å². The number of nitrogen functional groups attached to an aromatic ring is 1. The van der Waals surface area contributed by atoms with Gasteiger partial charge in [-0.25, -0.2) is 4.98 Å². The van der Waals surface area contributed by atoms with Gasteiger partial charge in [-0.15, -0.1) is 11.8 Å². The molecule has 1 aromatic rings. The standard InChI is InChI=1S/C11H17BN2O2S/c13-11-10(5-9(6-14-11)12(15)16)17-7-8-3-1-2-4-8/h5-6,8,15-16H,1-4,7H2,(H2,13,14). The average molecular weight is 252 g/mol. The van der Waals surface area contributed by atoms with Crippen molar-refractivity contribution in [3.8, 4) is 0 Å². The van der Waals surface area contributed by atoms with E-state index in [9.17, 15) is 0 Å². The van der Waals surface area contributed by atoms with Gasteiger partial charge < -0.3 is 15.8 Å². The molecule has 1 aliphatic carbocycles. The van der Waals surface area contributed by atoms with Crippen LogP contribution in [0.4, 0.5) is 5.82 Å². The van der Waals surface area contributed by atoms with Crippen LogP contribution in [0.1, 0.15) is 25.7 Å². The van der Waals surface area contributed by atoms with Crippen LogP contribution < -0.4 is 11.2 Å². The first kappa shape index (κ1) is 12.7. The van der Waals surface area contributed by atoms with Crippen molar-refractivity contribution in [1.29, 1.82) is 0 Å². The maximum Gasteiger partial charge on any atom is 0.490 e. The van der Waals surface area contributed by atoms with E-state index in [1.165, 1.54) is 31.9 Å². The molecule has 0 aliphatic heterocycles. The molecule has 0 atom stereocenters. The Morgan fingerprint density at radius 3 is 2.76 bits per heavy atom. The van der Waals surface area contributed by atoms with Crippen LogP contribution in [0.5, 0.6) is 0 Å². The van der Waals surface area contributed by atoms with Crippen molar-refractivity contribution in [1.82, 2.24) is 4.98 Å². The molecule has 1 fully saturated rings. The lowest BCUT2D eigenvalue weighted by atomic mass is 9.82. The lowest BCUT2D eigenvalue weighted by molar-refractivity contribution is 0.425. The Labute approximate surface area is 106 Å². The van der Waals surface area contributed by atoms with Crippen LogP contribution in [0.3, 0.4) is 0 Å². The molecule has 4 N–H and O–H groups in total. The van der Waals surface area contributed by atoms with E-state index >= 15 is 0 Å². The Hall–Kier alpha value is -0.715. The third kappa shape index (κ3) is 3.37. The predicted molar refractivity (Wildman–Crippen MR) is 71.2 cm³/mol. The molecule has 1 aliphatic rings. The van der Waals surface area contributed by atoms with Gasteiger partial charge in [0.2, 0.25) is 0 Å². The smallest absolute Gasteiger partial charge is 0.423 e. The minimum atomic E-state index is -1.48. The van der Waals surface area contributed by atoms with E-state index in [-0.39, 0.29) is 0 Å². The zero-order valence-electron chi connectivity index (χ0n) is 9.67. The lowest BCUT2D eigenvalue weighted by Gasteiger charge is -2.10. The van der Waals surface area contributed by atoms with Crippen molar-refractivity contribution in [3.63, 3.8) is 0 Å². The fourth-order valence-corrected chi connectivity index (χ4v) is 3.28. The van der Waals surface area contributed by atoms with Gasteiger partial charge in [0.15, 0.2) is 0 Å². The van der Waals surface area contributed by atoms with Crippen LogP contribution in [-0.4, -0.2) is 27.9 Å². The summed E-state index contributed by atoms with van der Waals surface area (Å²) in [5, 5.41) is 18.2. The van der Waals surface area contributed by atoms with E-state index in [0.717, 1.165) is 16.6 Å². The number of anilines is 1. The Morgan fingerprint density at radius 1 is 1.41 bits per heavy atom. The zero-order chi connectivity index (χ0) is 12.3. The highest BCUT2D eigenvalue weighted by Crippen LogP contribution is 2.32. The third-order valence-electron chi connectivity index (χ3n) is 3.15. The lowest BCUT2D eigenvalue weighted by Crippen LogP contribution is -2.30. The average Bonchev–Trinajstić information content (AvgIpc) is 2.80. The number of aromatic nitrogens is 1. The molecule has 0 spiro atoms. The van der Waals surface area contributed by atoms with E-state index in [1.54, 1.807) is 17.8 Å². The summed E-state index contributed by atoms with van der Waals surface area (Å²) in [7, 11) is -1.48. The van der Waals surface area contributed by atoms with E-state index in [1.807, 2.05) is 0 Å². The summed E-state index contributed by atoms with van der Waals surface area (Å²) >= 11 is 1.67. The number of rotatable bonds is 4. The molecule has 6 heteroatoms. The van der Waals surface area contributed by atoms with Gasteiger partial charge in [0.1, 0.15) is 5.82 Å². The van der Waals surface area contributed by atoms with Gasteiger partial charge in [-0.3, -0.25) is 0 Å². The molecule has 2 rings (SSSR count). The summed E-state index contributed by atoms with van der Waals surface area (Å²) in [6, 6.07) is 1.71. The fraction of sp³-hybridized carbons (Fsp3) is 0.545. The van der Waals surface area contributed by atoms with Crippen molar-refractivity contribution in [2.45, 2.75) is 30.6 Å². The van der Waals surface area contributed by atoms with Gasteiger partial charge in [0.05, 0.1) is 0 Å². The topological polar surface area (TPSA) is 79.4 Å². The Kier molecular flexibility index (Phi) is 4.31. The predicted octanol–water partition coefficient (Wildman–Crippen LogP) is 0.626. The summed E-state index contributed by atoms with van der Waals surface area (Å²) in [6.07, 6.45) is 6.65. The molecule has 1 saturated carbocycles. The van der Waals surface area contributed by atoms with Gasteiger partial charge in [0.25, 0.3) is 0 Å². The van der Waals surface area contributed by atoms with Crippen molar-refractivity contribution in [3.05, 3.63) is 12.3 Å². The zero-order valence-corrected chi connectivity index (χ0v) is 10.5. The van der Waals surface area contributed by atoms with Crippen LogP contribution >= 0.6 is 11.8 Å². The highest BCUT2D eigenvalue weighted by molar-refractivity contribution is 7.99. The third-order valence-corrected chi connectivity index (χ3v) is 4.43. The SMILES string of the molecule is Nc1ncc(B(O)O)cc1SCC1CCCC1. The second kappa shape index (κ2) is 5.75. The van der Waals surface area contributed by atoms with Crippen molar-refractivity contribution < 1.29 is 10.0 Å². The molecule has 17 heavy (non-hydrogen) atoms. The number of nitrogens with zero attached hydrogens (tertiary/aromatic N) is 1. The quantitative estimate of drug-likeness (QED) is 0.541. The van der Waals surface area contributed by atoms with Gasteiger partial charge in [-0.05, 0) is 24.8 Å². The summed E-state index contributed by atoms with van der Waals surface area (Å²) in [5.74, 6) is 2.27. The van der Waals surface area contributed by atoms with Crippen LogP contribution in [0.15, 0.2) is 17.2 Å².